The second kappa shape index (κ2) is 6.78. The third-order valence-corrected chi connectivity index (χ3v) is 4.04. The predicted octanol–water partition coefficient (Wildman–Crippen LogP) is 2.75. The zero-order chi connectivity index (χ0) is 12.8. The molecule has 1 unspecified atom stereocenters. The smallest absolute Gasteiger partial charge is 0.223 e. The number of hydrogen-bond donors (Lipinski definition) is 1. The molecule has 0 bridgehead atoms. The number of benzene rings is 1. The average molecular weight is 312 g/mol. The van der Waals surface area contributed by atoms with Gasteiger partial charge in [-0.05, 0) is 30.9 Å². The quantitative estimate of drug-likeness (QED) is 0.786. The van der Waals surface area contributed by atoms with E-state index in [4.69, 9.17) is 4.74 Å². The average Bonchev–Trinajstić information content (AvgIpc) is 3.21. The van der Waals surface area contributed by atoms with E-state index in [-0.39, 0.29) is 5.91 Å². The molecule has 1 aliphatic rings. The van der Waals surface area contributed by atoms with Gasteiger partial charge in [-0.15, -0.1) is 0 Å². The van der Waals surface area contributed by atoms with E-state index in [2.05, 4.69) is 21.2 Å². The maximum absolute atomic E-state index is 11.6. The van der Waals surface area contributed by atoms with Crippen molar-refractivity contribution in [3.8, 4) is 5.75 Å². The van der Waals surface area contributed by atoms with Crippen LogP contribution in [-0.2, 0) is 4.79 Å². The lowest BCUT2D eigenvalue weighted by molar-refractivity contribution is -0.121. The number of rotatable bonds is 7. The lowest BCUT2D eigenvalue weighted by Crippen LogP contribution is -2.31. The highest BCUT2D eigenvalue weighted by molar-refractivity contribution is 9.09. The first kappa shape index (κ1) is 13.4. The van der Waals surface area contributed by atoms with Crippen molar-refractivity contribution in [2.24, 2.45) is 5.92 Å². The summed E-state index contributed by atoms with van der Waals surface area (Å²) in [7, 11) is 0. The normalized spacial score (nSPS) is 16.1. The number of halogens is 1. The highest BCUT2D eigenvalue weighted by Gasteiger charge is 2.29. The summed E-state index contributed by atoms with van der Waals surface area (Å²) in [5, 5.41) is 2.92. The van der Waals surface area contributed by atoms with Crippen LogP contribution in [0.25, 0.3) is 0 Å². The Bertz CT molecular complexity index is 379. The van der Waals surface area contributed by atoms with Crippen molar-refractivity contribution in [2.45, 2.75) is 24.1 Å². The van der Waals surface area contributed by atoms with E-state index in [1.165, 1.54) is 12.8 Å². The third kappa shape index (κ3) is 4.69. The Morgan fingerprint density at radius 2 is 2.11 bits per heavy atom. The van der Waals surface area contributed by atoms with Crippen molar-refractivity contribution in [3.63, 3.8) is 0 Å². The molecular formula is C14H18BrNO2. The Kier molecular flexibility index (Phi) is 5.05. The van der Waals surface area contributed by atoms with Crippen LogP contribution in [0.5, 0.6) is 5.75 Å². The minimum Gasteiger partial charge on any atom is -0.493 e. The van der Waals surface area contributed by atoms with Crippen molar-refractivity contribution >= 4 is 21.8 Å². The van der Waals surface area contributed by atoms with Crippen LogP contribution in [-0.4, -0.2) is 23.9 Å². The maximum atomic E-state index is 11.6. The first-order valence-electron chi connectivity index (χ1n) is 6.34. The van der Waals surface area contributed by atoms with Gasteiger partial charge in [0.1, 0.15) is 5.75 Å². The Morgan fingerprint density at radius 3 is 2.78 bits per heavy atom. The van der Waals surface area contributed by atoms with Crippen molar-refractivity contribution in [1.82, 2.24) is 5.32 Å². The van der Waals surface area contributed by atoms with Crippen LogP contribution in [0.4, 0.5) is 0 Å². The molecule has 0 heterocycles. The maximum Gasteiger partial charge on any atom is 0.223 e. The fourth-order valence-corrected chi connectivity index (χ4v) is 2.39. The molecule has 3 nitrogen and oxygen atoms in total. The van der Waals surface area contributed by atoms with Gasteiger partial charge in [-0.2, -0.15) is 0 Å². The minimum absolute atomic E-state index is 0.0519. The van der Waals surface area contributed by atoms with Gasteiger partial charge in [0.25, 0.3) is 0 Å². The van der Waals surface area contributed by atoms with Crippen LogP contribution < -0.4 is 10.1 Å². The summed E-state index contributed by atoms with van der Waals surface area (Å²) < 4.78 is 5.47. The molecule has 1 aromatic rings. The second-order valence-corrected chi connectivity index (χ2v) is 5.75. The van der Waals surface area contributed by atoms with E-state index in [0.29, 0.717) is 17.9 Å². The molecule has 1 atom stereocenters. The van der Waals surface area contributed by atoms with Gasteiger partial charge in [-0.3, -0.25) is 4.79 Å². The Hall–Kier alpha value is -1.03. The number of para-hydroxylation sites is 1. The lowest BCUT2D eigenvalue weighted by Gasteiger charge is -2.10. The zero-order valence-corrected chi connectivity index (χ0v) is 11.9. The molecule has 0 aliphatic heterocycles. The molecule has 1 aromatic carbocycles. The number of carbonyl (C=O) groups is 1. The van der Waals surface area contributed by atoms with Gasteiger partial charge in [-0.1, -0.05) is 34.1 Å². The molecule has 1 saturated carbocycles. The monoisotopic (exact) mass is 311 g/mol. The topological polar surface area (TPSA) is 38.3 Å². The predicted molar refractivity (Wildman–Crippen MR) is 75.0 cm³/mol. The number of carbonyl (C=O) groups excluding carboxylic acids is 1. The van der Waals surface area contributed by atoms with E-state index in [1.54, 1.807) is 0 Å². The summed E-state index contributed by atoms with van der Waals surface area (Å²) in [6, 6.07) is 9.55. The summed E-state index contributed by atoms with van der Waals surface area (Å²) in [5.74, 6) is 1.61. The molecule has 1 amide bonds. The standard InChI is InChI=1S/C14H18BrNO2/c15-13(11-6-7-11)10-16-14(17)8-9-18-12-4-2-1-3-5-12/h1-5,11,13H,6-10H2,(H,16,17). The first-order chi connectivity index (χ1) is 8.75. The summed E-state index contributed by atoms with van der Waals surface area (Å²) in [6.45, 7) is 1.14. The van der Waals surface area contributed by atoms with E-state index >= 15 is 0 Å². The number of nitrogens with one attached hydrogen (secondary N) is 1. The minimum atomic E-state index is 0.0519. The van der Waals surface area contributed by atoms with Crippen LogP contribution in [0, 0.1) is 5.92 Å². The van der Waals surface area contributed by atoms with Crippen LogP contribution in [0.15, 0.2) is 30.3 Å². The van der Waals surface area contributed by atoms with Crippen molar-refractivity contribution in [2.75, 3.05) is 13.2 Å². The van der Waals surface area contributed by atoms with Crippen LogP contribution in [0.3, 0.4) is 0 Å². The molecule has 0 spiro atoms. The number of amides is 1. The molecule has 0 radical (unpaired) electrons. The molecule has 98 valence electrons. The number of hydrogen-bond acceptors (Lipinski definition) is 2. The molecule has 0 saturated heterocycles. The van der Waals surface area contributed by atoms with Gasteiger partial charge in [0.05, 0.1) is 13.0 Å². The van der Waals surface area contributed by atoms with Gasteiger partial charge in [0, 0.05) is 11.4 Å². The molecule has 1 fully saturated rings. The van der Waals surface area contributed by atoms with Gasteiger partial charge in [0.2, 0.25) is 5.91 Å². The highest BCUT2D eigenvalue weighted by atomic mass is 79.9. The molecule has 18 heavy (non-hydrogen) atoms. The van der Waals surface area contributed by atoms with Gasteiger partial charge in [-0.25, -0.2) is 0 Å². The molecule has 0 aromatic heterocycles. The SMILES string of the molecule is O=C(CCOc1ccccc1)NCC(Br)C1CC1. The van der Waals surface area contributed by atoms with Crippen LogP contribution in [0.1, 0.15) is 19.3 Å². The summed E-state index contributed by atoms with van der Waals surface area (Å²) in [6.07, 6.45) is 2.96. The van der Waals surface area contributed by atoms with Crippen molar-refractivity contribution < 1.29 is 9.53 Å². The molecule has 2 rings (SSSR count). The Labute approximate surface area is 116 Å². The molecule has 1 aliphatic carbocycles. The summed E-state index contributed by atoms with van der Waals surface area (Å²) in [5.41, 5.74) is 0. The summed E-state index contributed by atoms with van der Waals surface area (Å²) >= 11 is 3.59. The van der Waals surface area contributed by atoms with Crippen molar-refractivity contribution in [3.05, 3.63) is 30.3 Å². The van der Waals surface area contributed by atoms with E-state index in [1.807, 2.05) is 30.3 Å². The van der Waals surface area contributed by atoms with Gasteiger partial charge < -0.3 is 10.1 Å². The Balaban J connectivity index is 1.57. The fraction of sp³-hybridized carbons (Fsp3) is 0.500. The Morgan fingerprint density at radius 1 is 1.39 bits per heavy atom. The number of alkyl halides is 1. The van der Waals surface area contributed by atoms with Crippen LogP contribution in [0.2, 0.25) is 0 Å². The van der Waals surface area contributed by atoms with Gasteiger partial charge >= 0.3 is 0 Å². The van der Waals surface area contributed by atoms with E-state index in [0.717, 1.165) is 18.2 Å². The molecular weight excluding hydrogens is 294 g/mol. The highest BCUT2D eigenvalue weighted by Crippen LogP contribution is 2.36. The number of ether oxygens (including phenoxy) is 1. The fourth-order valence-electron chi connectivity index (χ4n) is 1.70. The van der Waals surface area contributed by atoms with Crippen LogP contribution >= 0.6 is 15.9 Å². The largest absolute Gasteiger partial charge is 0.493 e. The zero-order valence-electron chi connectivity index (χ0n) is 10.3. The van der Waals surface area contributed by atoms with Gasteiger partial charge in [0.15, 0.2) is 0 Å². The molecule has 4 heteroatoms. The third-order valence-electron chi connectivity index (χ3n) is 2.97. The van der Waals surface area contributed by atoms with E-state index < -0.39 is 0 Å². The second-order valence-electron chi connectivity index (χ2n) is 4.57. The van der Waals surface area contributed by atoms with Crippen molar-refractivity contribution in [1.29, 1.82) is 0 Å². The first-order valence-corrected chi connectivity index (χ1v) is 7.26. The van der Waals surface area contributed by atoms with E-state index in [9.17, 15) is 4.79 Å². The summed E-state index contributed by atoms with van der Waals surface area (Å²) in [4.78, 5) is 12.0. The molecule has 1 N–H and O–H groups in total. The lowest BCUT2D eigenvalue weighted by atomic mass is 10.3.